The maximum atomic E-state index is 12.5. The molecule has 1 aliphatic heterocycles. The Morgan fingerprint density at radius 2 is 2.09 bits per heavy atom. The van der Waals surface area contributed by atoms with Crippen molar-refractivity contribution >= 4 is 28.6 Å². The number of carbonyl (C=O) groups is 1. The topological polar surface area (TPSA) is 49.0 Å². The molecule has 3 aromatic rings. The molecule has 5 heteroatoms. The number of rotatable bonds is 3. The number of aromatic amines is 1. The number of benzene rings is 1. The standard InChI is InChI=1S/C18H17N3OS/c22-18(12-23-17-7-3-4-9-19-17)21-10-8-16-14(11-21)13-5-1-2-6-15(13)20-16/h1-7,9,20H,8,10-12H2. The van der Waals surface area contributed by atoms with Crippen LogP contribution in [-0.4, -0.2) is 33.1 Å². The average molecular weight is 323 g/mol. The van der Waals surface area contributed by atoms with E-state index >= 15 is 0 Å². The number of fused-ring (bicyclic) bond motifs is 3. The molecular weight excluding hydrogens is 306 g/mol. The number of para-hydroxylation sites is 1. The summed E-state index contributed by atoms with van der Waals surface area (Å²) in [7, 11) is 0. The molecule has 23 heavy (non-hydrogen) atoms. The highest BCUT2D eigenvalue weighted by atomic mass is 32.2. The summed E-state index contributed by atoms with van der Waals surface area (Å²) in [6, 6.07) is 14.1. The number of hydrogen-bond donors (Lipinski definition) is 1. The predicted octanol–water partition coefficient (Wildman–Crippen LogP) is 3.24. The second-order valence-electron chi connectivity index (χ2n) is 5.65. The highest BCUT2D eigenvalue weighted by Crippen LogP contribution is 2.28. The fourth-order valence-corrected chi connectivity index (χ4v) is 3.80. The van der Waals surface area contributed by atoms with Crippen LogP contribution in [0.1, 0.15) is 11.3 Å². The van der Waals surface area contributed by atoms with Gasteiger partial charge in [0.2, 0.25) is 5.91 Å². The summed E-state index contributed by atoms with van der Waals surface area (Å²) in [5.41, 5.74) is 3.70. The molecule has 1 aliphatic rings. The Labute approximate surface area is 138 Å². The van der Waals surface area contributed by atoms with Crippen LogP contribution in [0, 0.1) is 0 Å². The van der Waals surface area contributed by atoms with E-state index in [9.17, 15) is 4.79 Å². The van der Waals surface area contributed by atoms with Crippen molar-refractivity contribution in [2.75, 3.05) is 12.3 Å². The molecule has 2 aromatic heterocycles. The molecule has 0 bridgehead atoms. The molecule has 1 N–H and O–H groups in total. The van der Waals surface area contributed by atoms with Crippen molar-refractivity contribution in [1.29, 1.82) is 0 Å². The first-order chi connectivity index (χ1) is 11.3. The second-order valence-corrected chi connectivity index (χ2v) is 6.65. The summed E-state index contributed by atoms with van der Waals surface area (Å²) >= 11 is 1.50. The van der Waals surface area contributed by atoms with Crippen LogP contribution in [0.4, 0.5) is 0 Å². The normalized spacial score (nSPS) is 14.0. The predicted molar refractivity (Wildman–Crippen MR) is 92.4 cm³/mol. The number of nitrogens with one attached hydrogen (secondary N) is 1. The summed E-state index contributed by atoms with van der Waals surface area (Å²) in [4.78, 5) is 22.2. The molecule has 0 aliphatic carbocycles. The molecule has 4 rings (SSSR count). The van der Waals surface area contributed by atoms with Crippen LogP contribution in [0.2, 0.25) is 0 Å². The molecule has 0 saturated carbocycles. The first kappa shape index (κ1) is 14.3. The summed E-state index contributed by atoms with van der Waals surface area (Å²) in [5, 5.41) is 2.13. The Morgan fingerprint density at radius 3 is 2.96 bits per heavy atom. The molecule has 0 unspecified atom stereocenters. The van der Waals surface area contributed by atoms with Gasteiger partial charge in [0.05, 0.1) is 10.8 Å². The van der Waals surface area contributed by atoms with Crippen LogP contribution in [-0.2, 0) is 17.8 Å². The lowest BCUT2D eigenvalue weighted by molar-refractivity contribution is -0.129. The van der Waals surface area contributed by atoms with Gasteiger partial charge < -0.3 is 9.88 Å². The number of carbonyl (C=O) groups excluding carboxylic acids is 1. The SMILES string of the molecule is O=C(CSc1ccccn1)N1CCc2[nH]c3ccccc3c2C1. The number of aromatic nitrogens is 2. The summed E-state index contributed by atoms with van der Waals surface area (Å²) in [6.07, 6.45) is 2.65. The Balaban J connectivity index is 1.48. The van der Waals surface area contributed by atoms with Crippen molar-refractivity contribution < 1.29 is 4.79 Å². The van der Waals surface area contributed by atoms with Crippen molar-refractivity contribution in [2.45, 2.75) is 18.0 Å². The molecule has 4 nitrogen and oxygen atoms in total. The Morgan fingerprint density at radius 1 is 1.22 bits per heavy atom. The van der Waals surface area contributed by atoms with Gasteiger partial charge in [0.25, 0.3) is 0 Å². The van der Waals surface area contributed by atoms with E-state index < -0.39 is 0 Å². The zero-order valence-electron chi connectivity index (χ0n) is 12.7. The zero-order valence-corrected chi connectivity index (χ0v) is 13.5. The lowest BCUT2D eigenvalue weighted by Crippen LogP contribution is -2.36. The van der Waals surface area contributed by atoms with Crippen LogP contribution < -0.4 is 0 Å². The van der Waals surface area contributed by atoms with Gasteiger partial charge in [-0.15, -0.1) is 0 Å². The van der Waals surface area contributed by atoms with Gasteiger partial charge in [-0.3, -0.25) is 4.79 Å². The van der Waals surface area contributed by atoms with Gasteiger partial charge in [-0.2, -0.15) is 0 Å². The third kappa shape index (κ3) is 2.84. The van der Waals surface area contributed by atoms with E-state index in [0.717, 1.165) is 23.5 Å². The minimum Gasteiger partial charge on any atom is -0.358 e. The van der Waals surface area contributed by atoms with Gasteiger partial charge in [-0.05, 0) is 18.2 Å². The lowest BCUT2D eigenvalue weighted by atomic mass is 10.0. The summed E-state index contributed by atoms with van der Waals surface area (Å²) in [5.74, 6) is 0.617. The fraction of sp³-hybridized carbons (Fsp3) is 0.222. The number of amides is 1. The molecule has 116 valence electrons. The monoisotopic (exact) mass is 323 g/mol. The second kappa shape index (κ2) is 6.08. The number of nitrogens with zero attached hydrogens (tertiary/aromatic N) is 2. The third-order valence-electron chi connectivity index (χ3n) is 4.22. The van der Waals surface area contributed by atoms with Crippen molar-refractivity contribution in [3.8, 4) is 0 Å². The molecule has 0 fully saturated rings. The first-order valence-electron chi connectivity index (χ1n) is 7.71. The summed E-state index contributed by atoms with van der Waals surface area (Å²) < 4.78 is 0. The van der Waals surface area contributed by atoms with E-state index in [2.05, 4.69) is 22.1 Å². The smallest absolute Gasteiger partial charge is 0.233 e. The average Bonchev–Trinajstić information content (AvgIpc) is 2.98. The number of thioether (sulfide) groups is 1. The quantitative estimate of drug-likeness (QED) is 0.753. The van der Waals surface area contributed by atoms with Crippen molar-refractivity contribution in [1.82, 2.24) is 14.9 Å². The minimum atomic E-state index is 0.177. The van der Waals surface area contributed by atoms with E-state index in [-0.39, 0.29) is 5.91 Å². The Kier molecular flexibility index (Phi) is 3.79. The van der Waals surface area contributed by atoms with Crippen LogP contribution >= 0.6 is 11.8 Å². The van der Waals surface area contributed by atoms with Crippen molar-refractivity contribution in [3.63, 3.8) is 0 Å². The maximum Gasteiger partial charge on any atom is 0.233 e. The number of hydrogen-bond acceptors (Lipinski definition) is 3. The molecule has 0 spiro atoms. The Hall–Kier alpha value is -2.27. The van der Waals surface area contributed by atoms with Crippen LogP contribution in [0.25, 0.3) is 10.9 Å². The van der Waals surface area contributed by atoms with E-state index in [1.807, 2.05) is 35.2 Å². The van der Waals surface area contributed by atoms with Gasteiger partial charge in [0, 0.05) is 47.9 Å². The zero-order chi connectivity index (χ0) is 15.6. The highest BCUT2D eigenvalue weighted by Gasteiger charge is 2.23. The third-order valence-corrected chi connectivity index (χ3v) is 5.15. The van der Waals surface area contributed by atoms with E-state index in [0.29, 0.717) is 12.3 Å². The molecular formula is C18H17N3OS. The minimum absolute atomic E-state index is 0.177. The Bertz CT molecular complexity index is 844. The maximum absolute atomic E-state index is 12.5. The highest BCUT2D eigenvalue weighted by molar-refractivity contribution is 7.99. The lowest BCUT2D eigenvalue weighted by Gasteiger charge is -2.27. The molecule has 0 saturated heterocycles. The molecule has 0 radical (unpaired) electrons. The van der Waals surface area contributed by atoms with Crippen LogP contribution in [0.5, 0.6) is 0 Å². The van der Waals surface area contributed by atoms with Crippen LogP contribution in [0.15, 0.2) is 53.7 Å². The van der Waals surface area contributed by atoms with Crippen molar-refractivity contribution in [3.05, 3.63) is 59.9 Å². The van der Waals surface area contributed by atoms with Gasteiger partial charge in [-0.25, -0.2) is 4.98 Å². The molecule has 0 atom stereocenters. The molecule has 3 heterocycles. The number of H-pyrrole nitrogens is 1. The molecule has 1 amide bonds. The van der Waals surface area contributed by atoms with Crippen LogP contribution in [0.3, 0.4) is 0 Å². The van der Waals surface area contributed by atoms with Crippen molar-refractivity contribution in [2.24, 2.45) is 0 Å². The van der Waals surface area contributed by atoms with Gasteiger partial charge in [-0.1, -0.05) is 36.0 Å². The fourth-order valence-electron chi connectivity index (χ4n) is 3.04. The van der Waals surface area contributed by atoms with E-state index in [1.54, 1.807) is 6.20 Å². The van der Waals surface area contributed by atoms with Gasteiger partial charge in [0.1, 0.15) is 0 Å². The molecule has 1 aromatic carbocycles. The first-order valence-corrected chi connectivity index (χ1v) is 8.70. The van der Waals surface area contributed by atoms with Gasteiger partial charge >= 0.3 is 0 Å². The summed E-state index contributed by atoms with van der Waals surface area (Å²) in [6.45, 7) is 1.47. The van der Waals surface area contributed by atoms with E-state index in [1.165, 1.54) is 28.4 Å². The number of pyridine rings is 1. The van der Waals surface area contributed by atoms with Gasteiger partial charge in [0.15, 0.2) is 0 Å². The van der Waals surface area contributed by atoms with E-state index in [4.69, 9.17) is 0 Å². The largest absolute Gasteiger partial charge is 0.358 e.